The van der Waals surface area contributed by atoms with Crippen LogP contribution in [0.15, 0.2) is 40.4 Å². The van der Waals surface area contributed by atoms with Crippen LogP contribution in [0.2, 0.25) is 0 Å². The van der Waals surface area contributed by atoms with Crippen molar-refractivity contribution >= 4 is 5.71 Å². The molecule has 0 saturated heterocycles. The van der Waals surface area contributed by atoms with Crippen molar-refractivity contribution in [3.8, 4) is 0 Å². The molecule has 0 aliphatic heterocycles. The van der Waals surface area contributed by atoms with Crippen molar-refractivity contribution in [3.63, 3.8) is 0 Å². The minimum atomic E-state index is 1.09. The monoisotopic (exact) mass is 191 g/mol. The van der Waals surface area contributed by atoms with Gasteiger partial charge in [-0.25, -0.2) is 0 Å². The number of hydrogen-bond donors (Lipinski definition) is 0. The first-order chi connectivity index (χ1) is 6.79. The molecule has 1 heteroatoms. The molecule has 0 heterocycles. The van der Waals surface area contributed by atoms with Gasteiger partial charge >= 0.3 is 0 Å². The van der Waals surface area contributed by atoms with E-state index < -0.39 is 0 Å². The Morgan fingerprint density at radius 1 is 1.21 bits per heavy atom. The molecule has 1 aliphatic rings. The van der Waals surface area contributed by atoms with E-state index in [0.29, 0.717) is 0 Å². The van der Waals surface area contributed by atoms with E-state index in [0.717, 1.165) is 12.1 Å². The molecule has 0 fully saturated rings. The minimum absolute atomic E-state index is 1.09. The molecule has 1 aliphatic carbocycles. The third kappa shape index (κ3) is 3.33. The highest BCUT2D eigenvalue weighted by molar-refractivity contribution is 6.11. The second kappa shape index (κ2) is 7.31. The highest BCUT2D eigenvalue weighted by atomic mass is 14.7. The van der Waals surface area contributed by atoms with Gasteiger partial charge in [0, 0.05) is 7.05 Å². The van der Waals surface area contributed by atoms with Gasteiger partial charge in [0.25, 0.3) is 0 Å². The Kier molecular flexibility index (Phi) is 6.73. The Bertz CT molecular complexity index is 278. The first kappa shape index (κ1) is 12.9. The number of hydrogen-bond acceptors (Lipinski definition) is 1. The van der Waals surface area contributed by atoms with Gasteiger partial charge in [0.1, 0.15) is 0 Å². The summed E-state index contributed by atoms with van der Waals surface area (Å²) < 4.78 is 0. The van der Waals surface area contributed by atoms with Crippen LogP contribution in [0.1, 0.15) is 34.1 Å². The molecule has 0 unspecified atom stereocenters. The normalized spacial score (nSPS) is 20.5. The Morgan fingerprint density at radius 3 is 2.29 bits per heavy atom. The third-order valence-corrected chi connectivity index (χ3v) is 2.14. The molecule has 1 nitrogen and oxygen atoms in total. The summed E-state index contributed by atoms with van der Waals surface area (Å²) in [5.41, 5.74) is 3.77. The second-order valence-electron chi connectivity index (χ2n) is 2.87. The van der Waals surface area contributed by atoms with Crippen molar-refractivity contribution < 1.29 is 0 Å². The van der Waals surface area contributed by atoms with E-state index in [1.165, 1.54) is 11.1 Å². The average Bonchev–Trinajstić information content (AvgIpc) is 2.30. The van der Waals surface area contributed by atoms with E-state index in [1.807, 2.05) is 27.0 Å². The van der Waals surface area contributed by atoms with Crippen LogP contribution in [0.4, 0.5) is 0 Å². The minimum Gasteiger partial charge on any atom is -0.288 e. The highest BCUT2D eigenvalue weighted by Gasteiger charge is 2.04. The number of allylic oxidation sites excluding steroid dienone is 6. The van der Waals surface area contributed by atoms with Gasteiger partial charge in [0.2, 0.25) is 0 Å². The molecule has 0 aromatic rings. The molecule has 0 spiro atoms. The van der Waals surface area contributed by atoms with Crippen LogP contribution < -0.4 is 0 Å². The van der Waals surface area contributed by atoms with Gasteiger partial charge in [-0.05, 0) is 25.0 Å². The fraction of sp³-hybridized carbons (Fsp3) is 0.462. The van der Waals surface area contributed by atoms with Crippen molar-refractivity contribution in [3.05, 3.63) is 35.5 Å². The zero-order valence-electron chi connectivity index (χ0n) is 9.96. The second-order valence-corrected chi connectivity index (χ2v) is 2.87. The lowest BCUT2D eigenvalue weighted by atomic mass is 9.99. The SMILES string of the molecule is CC.CC/C(C)=C1/C=CC=CC1=NC. The summed E-state index contributed by atoms with van der Waals surface area (Å²) >= 11 is 0. The molecule has 0 amide bonds. The molecule has 0 atom stereocenters. The molecule has 14 heavy (non-hydrogen) atoms. The van der Waals surface area contributed by atoms with Crippen LogP contribution in [-0.4, -0.2) is 12.8 Å². The summed E-state index contributed by atoms with van der Waals surface area (Å²) in [4.78, 5) is 4.22. The van der Waals surface area contributed by atoms with E-state index in [9.17, 15) is 0 Å². The first-order valence-corrected chi connectivity index (χ1v) is 5.31. The van der Waals surface area contributed by atoms with Crippen molar-refractivity contribution in [2.75, 3.05) is 7.05 Å². The molecule has 0 bridgehead atoms. The van der Waals surface area contributed by atoms with Gasteiger partial charge in [0.05, 0.1) is 5.71 Å². The Morgan fingerprint density at radius 2 is 1.79 bits per heavy atom. The number of rotatable bonds is 1. The molecular formula is C13H21N. The summed E-state index contributed by atoms with van der Waals surface area (Å²) in [5, 5.41) is 0. The van der Waals surface area contributed by atoms with Gasteiger partial charge in [-0.15, -0.1) is 0 Å². The Hall–Kier alpha value is -1.11. The molecule has 78 valence electrons. The largest absolute Gasteiger partial charge is 0.288 e. The zero-order chi connectivity index (χ0) is 11.0. The predicted octanol–water partition coefficient (Wildman–Crippen LogP) is 3.94. The maximum Gasteiger partial charge on any atom is 0.0642 e. The molecule has 0 aromatic heterocycles. The molecular weight excluding hydrogens is 170 g/mol. The van der Waals surface area contributed by atoms with Gasteiger partial charge in [-0.3, -0.25) is 4.99 Å². The van der Waals surface area contributed by atoms with Gasteiger partial charge < -0.3 is 0 Å². The zero-order valence-corrected chi connectivity index (χ0v) is 9.96. The lowest BCUT2D eigenvalue weighted by Gasteiger charge is -2.09. The Balaban J connectivity index is 0.000000791. The lowest BCUT2D eigenvalue weighted by Crippen LogP contribution is -2.02. The summed E-state index contributed by atoms with van der Waals surface area (Å²) in [5.74, 6) is 0. The lowest BCUT2D eigenvalue weighted by molar-refractivity contribution is 1.09. The van der Waals surface area contributed by atoms with E-state index in [4.69, 9.17) is 0 Å². The van der Waals surface area contributed by atoms with Gasteiger partial charge in [-0.2, -0.15) is 0 Å². The fourth-order valence-corrected chi connectivity index (χ4v) is 1.22. The van der Waals surface area contributed by atoms with Crippen LogP contribution in [0, 0.1) is 0 Å². The van der Waals surface area contributed by atoms with Crippen molar-refractivity contribution in [1.82, 2.24) is 0 Å². The van der Waals surface area contributed by atoms with Crippen LogP contribution >= 0.6 is 0 Å². The topological polar surface area (TPSA) is 12.4 Å². The standard InChI is InChI=1S/C11H15N.C2H6/c1-4-9(2)10-7-5-6-8-11(10)12-3;1-2/h5-8H,4H2,1-3H3;1-2H3/b10-9-,12-11?;. The summed E-state index contributed by atoms with van der Waals surface area (Å²) in [6.07, 6.45) is 9.35. The van der Waals surface area contributed by atoms with E-state index in [1.54, 1.807) is 0 Å². The van der Waals surface area contributed by atoms with E-state index in [2.05, 4.69) is 37.1 Å². The van der Waals surface area contributed by atoms with Gasteiger partial charge in [0.15, 0.2) is 0 Å². The maximum atomic E-state index is 4.22. The van der Waals surface area contributed by atoms with E-state index in [-0.39, 0.29) is 0 Å². The van der Waals surface area contributed by atoms with E-state index >= 15 is 0 Å². The number of nitrogens with zero attached hydrogens (tertiary/aromatic N) is 1. The highest BCUT2D eigenvalue weighted by Crippen LogP contribution is 2.15. The summed E-state index contributed by atoms with van der Waals surface area (Å²) in [6.45, 7) is 8.33. The van der Waals surface area contributed by atoms with Crippen LogP contribution in [0.3, 0.4) is 0 Å². The first-order valence-electron chi connectivity index (χ1n) is 5.31. The third-order valence-electron chi connectivity index (χ3n) is 2.14. The molecule has 0 N–H and O–H groups in total. The summed E-state index contributed by atoms with van der Waals surface area (Å²) in [7, 11) is 1.84. The van der Waals surface area contributed by atoms with Crippen molar-refractivity contribution in [2.24, 2.45) is 4.99 Å². The molecule has 0 aromatic carbocycles. The van der Waals surface area contributed by atoms with Crippen molar-refractivity contribution in [1.29, 1.82) is 0 Å². The van der Waals surface area contributed by atoms with Crippen LogP contribution in [0.5, 0.6) is 0 Å². The average molecular weight is 191 g/mol. The number of aliphatic imine (C=N–C) groups is 1. The smallest absolute Gasteiger partial charge is 0.0642 e. The van der Waals surface area contributed by atoms with Crippen LogP contribution in [0.25, 0.3) is 0 Å². The van der Waals surface area contributed by atoms with Gasteiger partial charge in [-0.1, -0.05) is 44.6 Å². The molecule has 0 saturated carbocycles. The Labute approximate surface area is 87.9 Å². The fourth-order valence-electron chi connectivity index (χ4n) is 1.22. The molecule has 0 radical (unpaired) electrons. The maximum absolute atomic E-state index is 4.22. The molecule has 1 rings (SSSR count). The quantitative estimate of drug-likeness (QED) is 0.595. The predicted molar refractivity (Wildman–Crippen MR) is 66.0 cm³/mol. The van der Waals surface area contributed by atoms with Crippen LogP contribution in [-0.2, 0) is 0 Å². The summed E-state index contributed by atoms with van der Waals surface area (Å²) in [6, 6.07) is 0. The van der Waals surface area contributed by atoms with Crippen molar-refractivity contribution in [2.45, 2.75) is 34.1 Å².